The highest BCUT2D eigenvalue weighted by atomic mass is 32.1. The lowest BCUT2D eigenvalue weighted by atomic mass is 9.83. The van der Waals surface area contributed by atoms with Crippen molar-refractivity contribution in [2.75, 3.05) is 7.11 Å². The Morgan fingerprint density at radius 3 is 2.42 bits per heavy atom. The predicted molar refractivity (Wildman–Crippen MR) is 129 cm³/mol. The Hall–Kier alpha value is -5.09. The van der Waals surface area contributed by atoms with Crippen molar-refractivity contribution in [2.24, 2.45) is 5.73 Å². The minimum absolute atomic E-state index is 0.0801. The number of rotatable bonds is 5. The van der Waals surface area contributed by atoms with E-state index < -0.39 is 27.3 Å². The second-order valence-corrected chi connectivity index (χ2v) is 8.54. The van der Waals surface area contributed by atoms with E-state index in [1.54, 1.807) is 6.07 Å². The van der Waals surface area contributed by atoms with Crippen LogP contribution in [0.5, 0.6) is 0 Å². The van der Waals surface area contributed by atoms with E-state index in [-0.39, 0.29) is 43.1 Å². The molecule has 13 heteroatoms. The van der Waals surface area contributed by atoms with Crippen molar-refractivity contribution in [1.29, 1.82) is 5.26 Å². The average molecular weight is 505 g/mol. The molecule has 12 nitrogen and oxygen atoms in total. The average Bonchev–Trinajstić information content (AvgIpc) is 3.19. The number of esters is 1. The van der Waals surface area contributed by atoms with Gasteiger partial charge in [-0.2, -0.15) is 5.26 Å². The minimum Gasteiger partial charge on any atom is -0.466 e. The van der Waals surface area contributed by atoms with Gasteiger partial charge in [0.1, 0.15) is 10.5 Å². The number of aromatic nitrogens is 1. The quantitative estimate of drug-likeness (QED) is 0.303. The van der Waals surface area contributed by atoms with E-state index in [9.17, 15) is 35.1 Å². The summed E-state index contributed by atoms with van der Waals surface area (Å²) in [5.41, 5.74) is 5.48. The van der Waals surface area contributed by atoms with Crippen LogP contribution in [0, 0.1) is 31.6 Å². The Kier molecular flexibility index (Phi) is 6.20. The molecule has 2 aromatic carbocycles. The number of nitro benzene ring substituents is 2. The highest BCUT2D eigenvalue weighted by Gasteiger charge is 2.36. The molecule has 0 saturated carbocycles. The number of hydrogen-bond acceptors (Lipinski definition) is 10. The number of nitrogens with two attached hydrogens (primary N) is 1. The van der Waals surface area contributed by atoms with Crippen molar-refractivity contribution in [1.82, 2.24) is 4.57 Å². The summed E-state index contributed by atoms with van der Waals surface area (Å²) >= 11 is 0.878. The van der Waals surface area contributed by atoms with Crippen LogP contribution in [-0.2, 0) is 9.53 Å². The summed E-state index contributed by atoms with van der Waals surface area (Å²) in [5, 5.41) is 32.3. The Bertz CT molecular complexity index is 1710. The van der Waals surface area contributed by atoms with E-state index in [2.05, 4.69) is 0 Å². The summed E-state index contributed by atoms with van der Waals surface area (Å²) in [6, 6.07) is 12.9. The van der Waals surface area contributed by atoms with Gasteiger partial charge in [0.05, 0.1) is 44.6 Å². The van der Waals surface area contributed by atoms with Gasteiger partial charge in [-0.05, 0) is 17.2 Å². The third kappa shape index (κ3) is 4.01. The van der Waals surface area contributed by atoms with Gasteiger partial charge in [-0.25, -0.2) is 4.79 Å². The molecule has 36 heavy (non-hydrogen) atoms. The van der Waals surface area contributed by atoms with Gasteiger partial charge in [-0.1, -0.05) is 24.3 Å². The first-order chi connectivity index (χ1) is 17.2. The van der Waals surface area contributed by atoms with E-state index in [4.69, 9.17) is 10.5 Å². The van der Waals surface area contributed by atoms with Crippen LogP contribution < -0.4 is 20.5 Å². The smallest absolute Gasteiger partial charge is 0.337 e. The SMILES string of the molecule is COC(=O)C1=c2s/c(=C\c3cccc([N+](=O)[O-])c3)c(=O)n2C(N)=C(C#N)C1c1cccc([N+](=O)[O-])c1. The van der Waals surface area contributed by atoms with Gasteiger partial charge in [0.25, 0.3) is 16.9 Å². The van der Waals surface area contributed by atoms with Crippen LogP contribution in [0.1, 0.15) is 17.0 Å². The molecular weight excluding hydrogens is 490 g/mol. The zero-order valence-corrected chi connectivity index (χ0v) is 19.2. The number of ether oxygens (including phenoxy) is 1. The zero-order valence-electron chi connectivity index (χ0n) is 18.4. The van der Waals surface area contributed by atoms with Crippen molar-refractivity contribution in [3.05, 3.63) is 105 Å². The molecule has 0 saturated heterocycles. The van der Waals surface area contributed by atoms with Gasteiger partial charge in [0, 0.05) is 24.3 Å². The van der Waals surface area contributed by atoms with Crippen LogP contribution >= 0.6 is 11.3 Å². The molecular formula is C23H15N5O7S. The van der Waals surface area contributed by atoms with E-state index >= 15 is 0 Å². The molecule has 1 aliphatic rings. The minimum atomic E-state index is -1.13. The number of fused-ring (bicyclic) bond motifs is 1. The summed E-state index contributed by atoms with van der Waals surface area (Å²) in [4.78, 5) is 47.5. The standard InChI is InChI=1S/C23H15N5O7S/c1-35-23(30)19-18(13-5-3-7-15(10-13)28(33)34)16(11-24)20(25)26-21(29)17(36-22(19)26)9-12-4-2-6-14(8-12)27(31)32/h2-10,18H,25H2,1H3/b17-9-. The monoisotopic (exact) mass is 505 g/mol. The van der Waals surface area contributed by atoms with Crippen LogP contribution in [0.3, 0.4) is 0 Å². The van der Waals surface area contributed by atoms with E-state index in [0.29, 0.717) is 5.56 Å². The van der Waals surface area contributed by atoms with Crippen LogP contribution in [0.25, 0.3) is 17.5 Å². The molecule has 3 aromatic rings. The maximum absolute atomic E-state index is 13.3. The predicted octanol–water partition coefficient (Wildman–Crippen LogP) is 1.33. The van der Waals surface area contributed by atoms with Crippen LogP contribution in [0.15, 0.2) is 58.9 Å². The summed E-state index contributed by atoms with van der Waals surface area (Å²) in [6.07, 6.45) is 1.40. The van der Waals surface area contributed by atoms with E-state index in [1.807, 2.05) is 6.07 Å². The summed E-state index contributed by atoms with van der Waals surface area (Å²) in [6.45, 7) is 0. The Morgan fingerprint density at radius 1 is 1.17 bits per heavy atom. The maximum Gasteiger partial charge on any atom is 0.337 e. The Labute approximate surface area is 205 Å². The van der Waals surface area contributed by atoms with Crippen molar-refractivity contribution >= 4 is 46.2 Å². The molecule has 1 aliphatic heterocycles. The molecule has 0 radical (unpaired) electrons. The molecule has 0 spiro atoms. The van der Waals surface area contributed by atoms with Gasteiger partial charge in [-0.15, -0.1) is 11.3 Å². The third-order valence-electron chi connectivity index (χ3n) is 5.47. The number of nitrogens with zero attached hydrogens (tertiary/aromatic N) is 4. The second-order valence-electron chi connectivity index (χ2n) is 7.51. The first-order valence-corrected chi connectivity index (χ1v) is 10.9. The molecule has 180 valence electrons. The van der Waals surface area contributed by atoms with Gasteiger partial charge < -0.3 is 10.5 Å². The number of benzene rings is 2. The topological polar surface area (TPSA) is 184 Å². The number of hydrogen-bond donors (Lipinski definition) is 1. The molecule has 0 aliphatic carbocycles. The van der Waals surface area contributed by atoms with Crippen LogP contribution in [-0.4, -0.2) is 27.5 Å². The van der Waals surface area contributed by atoms with Gasteiger partial charge in [0.15, 0.2) is 0 Å². The molecule has 0 fully saturated rings. The zero-order chi connectivity index (χ0) is 26.1. The summed E-state index contributed by atoms with van der Waals surface area (Å²) in [7, 11) is 1.12. The highest BCUT2D eigenvalue weighted by Crippen LogP contribution is 2.37. The number of carbonyl (C=O) groups is 1. The van der Waals surface area contributed by atoms with Gasteiger partial charge >= 0.3 is 5.97 Å². The number of nitriles is 1. The molecule has 0 amide bonds. The molecule has 0 bridgehead atoms. The maximum atomic E-state index is 13.3. The number of nitro groups is 2. The largest absolute Gasteiger partial charge is 0.466 e. The first kappa shape index (κ1) is 24.0. The van der Waals surface area contributed by atoms with Crippen molar-refractivity contribution in [3.8, 4) is 6.07 Å². The number of thiazole rings is 1. The molecule has 1 atom stereocenters. The molecule has 1 aromatic heterocycles. The van der Waals surface area contributed by atoms with Crippen molar-refractivity contribution in [3.63, 3.8) is 0 Å². The molecule has 2 N–H and O–H groups in total. The fourth-order valence-corrected chi connectivity index (χ4v) is 5.05. The van der Waals surface area contributed by atoms with E-state index in [1.165, 1.54) is 48.5 Å². The third-order valence-corrected chi connectivity index (χ3v) is 6.58. The Balaban J connectivity index is 2.08. The number of allylic oxidation sites excluding steroid dienone is 1. The Morgan fingerprint density at radius 2 is 1.81 bits per heavy atom. The number of methoxy groups -OCH3 is 1. The number of non-ortho nitro benzene ring substituents is 2. The fraction of sp³-hybridized carbons (Fsp3) is 0.0870. The van der Waals surface area contributed by atoms with Crippen molar-refractivity contribution < 1.29 is 19.4 Å². The number of carbonyl (C=O) groups excluding carboxylic acids is 1. The molecule has 4 rings (SSSR count). The second kappa shape index (κ2) is 9.28. The normalized spacial score (nSPS) is 15.3. The fourth-order valence-electron chi connectivity index (χ4n) is 3.89. The lowest BCUT2D eigenvalue weighted by Gasteiger charge is -2.24. The molecule has 1 unspecified atom stereocenters. The van der Waals surface area contributed by atoms with Gasteiger partial charge in [-0.3, -0.25) is 29.6 Å². The van der Waals surface area contributed by atoms with Crippen LogP contribution in [0.2, 0.25) is 0 Å². The molecule has 2 heterocycles. The first-order valence-electron chi connectivity index (χ1n) is 10.1. The van der Waals surface area contributed by atoms with Crippen LogP contribution in [0.4, 0.5) is 11.4 Å². The van der Waals surface area contributed by atoms with Crippen molar-refractivity contribution in [2.45, 2.75) is 5.92 Å². The van der Waals surface area contributed by atoms with Gasteiger partial charge in [0.2, 0.25) is 0 Å². The lowest BCUT2D eigenvalue weighted by Crippen LogP contribution is -2.40. The van der Waals surface area contributed by atoms with E-state index in [0.717, 1.165) is 23.0 Å². The highest BCUT2D eigenvalue weighted by molar-refractivity contribution is 7.07. The summed E-state index contributed by atoms with van der Waals surface area (Å²) < 4.78 is 6.11. The lowest BCUT2D eigenvalue weighted by molar-refractivity contribution is -0.385. The summed E-state index contributed by atoms with van der Waals surface area (Å²) in [5.74, 6) is -2.23.